The Morgan fingerprint density at radius 1 is 1.27 bits per heavy atom. The lowest BCUT2D eigenvalue weighted by Crippen LogP contribution is -2.25. The fourth-order valence-corrected chi connectivity index (χ4v) is 2.05. The van der Waals surface area contributed by atoms with Crippen LogP contribution >= 0.6 is 11.6 Å². The molecule has 3 heteroatoms. The van der Waals surface area contributed by atoms with Gasteiger partial charge in [0.05, 0.1) is 16.3 Å². The van der Waals surface area contributed by atoms with Crippen LogP contribution in [0, 0.1) is 0 Å². The van der Waals surface area contributed by atoms with Crippen molar-refractivity contribution in [2.24, 2.45) is 4.99 Å². The molecule has 1 aromatic rings. The van der Waals surface area contributed by atoms with Gasteiger partial charge in [0.2, 0.25) is 0 Å². The van der Waals surface area contributed by atoms with Gasteiger partial charge in [-0.2, -0.15) is 0 Å². The SMILES string of the molecule is OC1(C=Nc2ccccc2Cl)CCCC1. The molecule has 0 spiro atoms. The van der Waals surface area contributed by atoms with Crippen molar-refractivity contribution >= 4 is 23.5 Å². The van der Waals surface area contributed by atoms with Crippen molar-refractivity contribution in [1.82, 2.24) is 0 Å². The van der Waals surface area contributed by atoms with Gasteiger partial charge in [-0.1, -0.05) is 36.6 Å². The highest BCUT2D eigenvalue weighted by atomic mass is 35.5. The molecular weight excluding hydrogens is 210 g/mol. The van der Waals surface area contributed by atoms with Crippen LogP contribution in [-0.2, 0) is 0 Å². The van der Waals surface area contributed by atoms with Gasteiger partial charge in [-0.25, -0.2) is 0 Å². The summed E-state index contributed by atoms with van der Waals surface area (Å²) in [6.45, 7) is 0. The minimum absolute atomic E-state index is 0.621. The number of halogens is 1. The first kappa shape index (κ1) is 10.7. The first-order chi connectivity index (χ1) is 7.20. The summed E-state index contributed by atoms with van der Waals surface area (Å²) in [5, 5.41) is 10.7. The maximum atomic E-state index is 10.1. The van der Waals surface area contributed by atoms with Crippen LogP contribution in [0.2, 0.25) is 5.02 Å². The highest BCUT2D eigenvalue weighted by molar-refractivity contribution is 6.33. The summed E-state index contributed by atoms with van der Waals surface area (Å²) in [7, 11) is 0. The van der Waals surface area contributed by atoms with Crippen LogP contribution in [-0.4, -0.2) is 16.9 Å². The van der Waals surface area contributed by atoms with Gasteiger partial charge in [0.25, 0.3) is 0 Å². The number of aliphatic imine (C=N–C) groups is 1. The van der Waals surface area contributed by atoms with Crippen LogP contribution < -0.4 is 0 Å². The van der Waals surface area contributed by atoms with Crippen molar-refractivity contribution in [3.8, 4) is 0 Å². The topological polar surface area (TPSA) is 32.6 Å². The molecule has 2 rings (SSSR count). The lowest BCUT2D eigenvalue weighted by Gasteiger charge is -2.15. The van der Waals surface area contributed by atoms with E-state index >= 15 is 0 Å². The fourth-order valence-electron chi connectivity index (χ4n) is 1.86. The minimum atomic E-state index is -0.709. The zero-order valence-corrected chi connectivity index (χ0v) is 9.24. The van der Waals surface area contributed by atoms with E-state index < -0.39 is 5.60 Å². The molecule has 0 unspecified atom stereocenters. The quantitative estimate of drug-likeness (QED) is 0.767. The highest BCUT2D eigenvalue weighted by Gasteiger charge is 2.28. The predicted octanol–water partition coefficient (Wildman–Crippen LogP) is 3.35. The maximum Gasteiger partial charge on any atom is 0.0997 e. The summed E-state index contributed by atoms with van der Waals surface area (Å²) < 4.78 is 0. The van der Waals surface area contributed by atoms with E-state index in [-0.39, 0.29) is 0 Å². The van der Waals surface area contributed by atoms with Gasteiger partial charge in [-0.05, 0) is 25.0 Å². The number of aliphatic hydroxyl groups is 1. The number of nitrogens with zero attached hydrogens (tertiary/aromatic N) is 1. The minimum Gasteiger partial charge on any atom is -0.384 e. The van der Waals surface area contributed by atoms with Gasteiger partial charge < -0.3 is 5.11 Å². The molecule has 1 saturated carbocycles. The number of hydrogen-bond acceptors (Lipinski definition) is 2. The molecule has 1 aromatic carbocycles. The molecule has 2 nitrogen and oxygen atoms in total. The van der Waals surface area contributed by atoms with Crippen molar-refractivity contribution in [1.29, 1.82) is 0 Å². The second-order valence-electron chi connectivity index (χ2n) is 4.02. The van der Waals surface area contributed by atoms with E-state index in [2.05, 4.69) is 4.99 Å². The lowest BCUT2D eigenvalue weighted by molar-refractivity contribution is 0.126. The first-order valence-corrected chi connectivity index (χ1v) is 5.60. The third kappa shape index (κ3) is 2.58. The Hall–Kier alpha value is -0.860. The van der Waals surface area contributed by atoms with Gasteiger partial charge >= 0.3 is 0 Å². The average Bonchev–Trinajstić information content (AvgIpc) is 2.65. The molecule has 0 heterocycles. The summed E-state index contributed by atoms with van der Waals surface area (Å²) in [6.07, 6.45) is 5.40. The summed E-state index contributed by atoms with van der Waals surface area (Å²) in [6, 6.07) is 7.40. The zero-order chi connectivity index (χ0) is 10.7. The van der Waals surface area contributed by atoms with Crippen molar-refractivity contribution in [2.75, 3.05) is 0 Å². The molecule has 0 radical (unpaired) electrons. The Balaban J connectivity index is 2.14. The zero-order valence-electron chi connectivity index (χ0n) is 8.49. The third-order valence-corrected chi connectivity index (χ3v) is 3.09. The molecule has 1 aliphatic carbocycles. The molecule has 0 atom stereocenters. The smallest absolute Gasteiger partial charge is 0.0997 e. The van der Waals surface area contributed by atoms with E-state index in [4.69, 9.17) is 11.6 Å². The van der Waals surface area contributed by atoms with E-state index in [0.717, 1.165) is 31.4 Å². The molecule has 15 heavy (non-hydrogen) atoms. The van der Waals surface area contributed by atoms with Crippen LogP contribution in [0.25, 0.3) is 0 Å². The molecule has 0 bridgehead atoms. The lowest BCUT2D eigenvalue weighted by atomic mass is 10.1. The van der Waals surface area contributed by atoms with Crippen LogP contribution in [0.4, 0.5) is 5.69 Å². The fraction of sp³-hybridized carbons (Fsp3) is 0.417. The number of rotatable bonds is 2. The monoisotopic (exact) mass is 223 g/mol. The Morgan fingerprint density at radius 3 is 2.60 bits per heavy atom. The van der Waals surface area contributed by atoms with E-state index in [1.807, 2.05) is 18.2 Å². The molecular formula is C12H14ClNO. The van der Waals surface area contributed by atoms with E-state index in [0.29, 0.717) is 5.02 Å². The molecule has 0 saturated heterocycles. The van der Waals surface area contributed by atoms with Crippen molar-refractivity contribution in [3.05, 3.63) is 29.3 Å². The van der Waals surface area contributed by atoms with Crippen molar-refractivity contribution < 1.29 is 5.11 Å². The maximum absolute atomic E-state index is 10.1. The van der Waals surface area contributed by atoms with Gasteiger partial charge in [0.15, 0.2) is 0 Å². The van der Waals surface area contributed by atoms with Crippen LogP contribution in [0.5, 0.6) is 0 Å². The molecule has 0 aromatic heterocycles. The summed E-state index contributed by atoms with van der Waals surface area (Å²) in [4.78, 5) is 4.25. The Morgan fingerprint density at radius 2 is 1.93 bits per heavy atom. The van der Waals surface area contributed by atoms with Gasteiger partial charge in [-0.3, -0.25) is 4.99 Å². The molecule has 0 aliphatic heterocycles. The average molecular weight is 224 g/mol. The number of benzene rings is 1. The Labute approximate surface area is 94.6 Å². The van der Waals surface area contributed by atoms with Gasteiger partial charge in [-0.15, -0.1) is 0 Å². The van der Waals surface area contributed by atoms with Crippen LogP contribution in [0.3, 0.4) is 0 Å². The Bertz CT molecular complexity index is 370. The summed E-state index contributed by atoms with van der Waals surface area (Å²) in [5.74, 6) is 0. The normalized spacial score (nSPS) is 19.9. The first-order valence-electron chi connectivity index (χ1n) is 5.22. The summed E-state index contributed by atoms with van der Waals surface area (Å²) >= 11 is 5.96. The third-order valence-electron chi connectivity index (χ3n) is 2.77. The van der Waals surface area contributed by atoms with Gasteiger partial charge in [0, 0.05) is 6.21 Å². The second kappa shape index (κ2) is 4.33. The van der Waals surface area contributed by atoms with Crippen LogP contribution in [0.15, 0.2) is 29.3 Å². The molecule has 1 N–H and O–H groups in total. The van der Waals surface area contributed by atoms with Gasteiger partial charge in [0.1, 0.15) is 0 Å². The predicted molar refractivity (Wildman–Crippen MR) is 63.0 cm³/mol. The largest absolute Gasteiger partial charge is 0.384 e. The number of para-hydroxylation sites is 1. The van der Waals surface area contributed by atoms with E-state index in [1.54, 1.807) is 12.3 Å². The van der Waals surface area contributed by atoms with Crippen molar-refractivity contribution in [3.63, 3.8) is 0 Å². The Kier molecular flexibility index (Phi) is 3.08. The van der Waals surface area contributed by atoms with Crippen molar-refractivity contribution in [2.45, 2.75) is 31.3 Å². The second-order valence-corrected chi connectivity index (χ2v) is 4.43. The van der Waals surface area contributed by atoms with E-state index in [1.165, 1.54) is 0 Å². The molecule has 1 fully saturated rings. The number of hydrogen-bond donors (Lipinski definition) is 1. The summed E-state index contributed by atoms with van der Waals surface area (Å²) in [5.41, 5.74) is 0.0126. The molecule has 1 aliphatic rings. The standard InChI is InChI=1S/C12H14ClNO/c13-10-5-1-2-6-11(10)14-9-12(15)7-3-4-8-12/h1-2,5-6,9,15H,3-4,7-8H2. The van der Waals surface area contributed by atoms with Crippen LogP contribution in [0.1, 0.15) is 25.7 Å². The highest BCUT2D eigenvalue weighted by Crippen LogP contribution is 2.30. The molecule has 0 amide bonds. The molecule has 80 valence electrons. The van der Waals surface area contributed by atoms with E-state index in [9.17, 15) is 5.11 Å².